The number of hydrogen-bond acceptors (Lipinski definition) is 5. The molecule has 0 spiro atoms. The molecule has 32 heavy (non-hydrogen) atoms. The lowest BCUT2D eigenvalue weighted by molar-refractivity contribution is 0.0954. The van der Waals surface area contributed by atoms with Crippen LogP contribution in [-0.4, -0.2) is 77.3 Å². The van der Waals surface area contributed by atoms with Crippen LogP contribution in [0.2, 0.25) is 0 Å². The van der Waals surface area contributed by atoms with Gasteiger partial charge in [-0.3, -0.25) is 9.79 Å². The minimum atomic E-state index is -0.105. The van der Waals surface area contributed by atoms with Crippen molar-refractivity contribution in [1.29, 1.82) is 0 Å². The number of carbonyl (C=O) groups is 1. The molecule has 3 rings (SSSR count). The lowest BCUT2D eigenvalue weighted by Gasteiger charge is -2.37. The SMILES string of the molecule is CN=C(NCCNC(=O)c1ccc(OC)cc1)N1CCN(c2cccc(OC)c2)CC1.I. The minimum Gasteiger partial charge on any atom is -0.497 e. The van der Waals surface area contributed by atoms with Crippen LogP contribution in [0.3, 0.4) is 0 Å². The zero-order valence-electron chi connectivity index (χ0n) is 18.8. The number of hydrogen-bond donors (Lipinski definition) is 2. The van der Waals surface area contributed by atoms with Gasteiger partial charge in [0.15, 0.2) is 5.96 Å². The van der Waals surface area contributed by atoms with Gasteiger partial charge >= 0.3 is 0 Å². The van der Waals surface area contributed by atoms with Crippen molar-refractivity contribution in [2.45, 2.75) is 0 Å². The van der Waals surface area contributed by atoms with Crippen LogP contribution < -0.4 is 25.0 Å². The largest absolute Gasteiger partial charge is 0.497 e. The Balaban J connectivity index is 0.00000363. The van der Waals surface area contributed by atoms with Crippen LogP contribution in [-0.2, 0) is 0 Å². The molecule has 1 aliphatic heterocycles. The Kier molecular flexibility index (Phi) is 10.4. The van der Waals surface area contributed by atoms with E-state index < -0.39 is 0 Å². The van der Waals surface area contributed by atoms with Gasteiger partial charge in [-0.25, -0.2) is 0 Å². The van der Waals surface area contributed by atoms with Crippen LogP contribution in [0.5, 0.6) is 11.5 Å². The van der Waals surface area contributed by atoms with Crippen LogP contribution in [0.4, 0.5) is 5.69 Å². The summed E-state index contributed by atoms with van der Waals surface area (Å²) in [6.45, 7) is 4.66. The third-order valence-corrected chi connectivity index (χ3v) is 5.26. The fraction of sp³-hybridized carbons (Fsp3) is 0.391. The normalized spacial score (nSPS) is 13.8. The first-order chi connectivity index (χ1) is 15.1. The van der Waals surface area contributed by atoms with E-state index in [0.717, 1.165) is 43.6 Å². The van der Waals surface area contributed by atoms with Crippen molar-refractivity contribution in [3.8, 4) is 11.5 Å². The van der Waals surface area contributed by atoms with E-state index in [2.05, 4.69) is 37.6 Å². The van der Waals surface area contributed by atoms with Gasteiger partial charge in [-0.15, -0.1) is 24.0 Å². The Morgan fingerprint density at radius 1 is 0.938 bits per heavy atom. The molecule has 0 saturated carbocycles. The Morgan fingerprint density at radius 3 is 2.22 bits per heavy atom. The first-order valence-corrected chi connectivity index (χ1v) is 10.4. The summed E-state index contributed by atoms with van der Waals surface area (Å²) in [5.74, 6) is 2.35. The zero-order chi connectivity index (χ0) is 22.1. The summed E-state index contributed by atoms with van der Waals surface area (Å²) in [6.07, 6.45) is 0. The number of anilines is 1. The van der Waals surface area contributed by atoms with Crippen molar-refractivity contribution in [2.24, 2.45) is 4.99 Å². The lowest BCUT2D eigenvalue weighted by atomic mass is 10.2. The molecule has 0 bridgehead atoms. The van der Waals surface area contributed by atoms with Gasteiger partial charge in [0.1, 0.15) is 11.5 Å². The van der Waals surface area contributed by atoms with Crippen molar-refractivity contribution in [3.05, 3.63) is 54.1 Å². The number of methoxy groups -OCH3 is 2. The molecule has 0 atom stereocenters. The average molecular weight is 553 g/mol. The van der Waals surface area contributed by atoms with E-state index in [9.17, 15) is 4.79 Å². The van der Waals surface area contributed by atoms with E-state index in [-0.39, 0.29) is 29.9 Å². The van der Waals surface area contributed by atoms with Crippen LogP contribution >= 0.6 is 24.0 Å². The van der Waals surface area contributed by atoms with E-state index >= 15 is 0 Å². The van der Waals surface area contributed by atoms with Gasteiger partial charge in [-0.05, 0) is 36.4 Å². The summed E-state index contributed by atoms with van der Waals surface area (Å²) in [7, 11) is 5.07. The number of carbonyl (C=O) groups excluding carboxylic acids is 1. The molecule has 1 heterocycles. The quantitative estimate of drug-likeness (QED) is 0.238. The fourth-order valence-corrected chi connectivity index (χ4v) is 3.51. The second kappa shape index (κ2) is 13.0. The molecule has 1 aliphatic rings. The third-order valence-electron chi connectivity index (χ3n) is 5.26. The molecule has 9 heteroatoms. The topological polar surface area (TPSA) is 78.4 Å². The van der Waals surface area contributed by atoms with Crippen molar-refractivity contribution < 1.29 is 14.3 Å². The summed E-state index contributed by atoms with van der Waals surface area (Å²) in [6, 6.07) is 15.2. The van der Waals surface area contributed by atoms with Gasteiger partial charge in [-0.2, -0.15) is 0 Å². The predicted octanol–water partition coefficient (Wildman–Crippen LogP) is 2.45. The fourth-order valence-electron chi connectivity index (χ4n) is 3.51. The molecule has 0 unspecified atom stereocenters. The standard InChI is InChI=1S/C23H31N5O3.HI/c1-24-23(26-12-11-25-22(29)18-7-9-20(30-2)10-8-18)28-15-13-27(14-16-28)19-5-4-6-21(17-19)31-3;/h4-10,17H,11-16H2,1-3H3,(H,24,26)(H,25,29);1H. The number of rotatable bonds is 7. The number of aliphatic imine (C=N–C) groups is 1. The first kappa shape index (κ1) is 25.6. The van der Waals surface area contributed by atoms with Crippen LogP contribution in [0.1, 0.15) is 10.4 Å². The first-order valence-electron chi connectivity index (χ1n) is 10.4. The molecule has 2 N–H and O–H groups in total. The van der Waals surface area contributed by atoms with Gasteiger partial charge in [0.2, 0.25) is 0 Å². The summed E-state index contributed by atoms with van der Waals surface area (Å²) >= 11 is 0. The summed E-state index contributed by atoms with van der Waals surface area (Å²) in [5.41, 5.74) is 1.78. The van der Waals surface area contributed by atoms with Gasteiger partial charge in [0.25, 0.3) is 5.91 Å². The van der Waals surface area contributed by atoms with E-state index in [1.165, 1.54) is 5.69 Å². The Morgan fingerprint density at radius 2 is 1.59 bits per heavy atom. The maximum absolute atomic E-state index is 12.2. The van der Waals surface area contributed by atoms with Crippen molar-refractivity contribution >= 4 is 41.5 Å². The summed E-state index contributed by atoms with van der Waals surface area (Å²) in [5, 5.41) is 6.26. The van der Waals surface area contributed by atoms with Crippen molar-refractivity contribution in [3.63, 3.8) is 0 Å². The monoisotopic (exact) mass is 553 g/mol. The van der Waals surface area contributed by atoms with Gasteiger partial charge in [0, 0.05) is 63.6 Å². The second-order valence-corrected chi connectivity index (χ2v) is 7.13. The number of halogens is 1. The van der Waals surface area contributed by atoms with E-state index in [4.69, 9.17) is 9.47 Å². The highest BCUT2D eigenvalue weighted by Crippen LogP contribution is 2.22. The molecular weight excluding hydrogens is 521 g/mol. The predicted molar refractivity (Wildman–Crippen MR) is 139 cm³/mol. The molecule has 174 valence electrons. The van der Waals surface area contributed by atoms with Gasteiger partial charge in [-0.1, -0.05) is 6.07 Å². The van der Waals surface area contributed by atoms with Crippen LogP contribution in [0.25, 0.3) is 0 Å². The molecule has 2 aromatic rings. The maximum Gasteiger partial charge on any atom is 0.251 e. The highest BCUT2D eigenvalue weighted by atomic mass is 127. The smallest absolute Gasteiger partial charge is 0.251 e. The number of piperazine rings is 1. The Hall–Kier alpha value is -2.69. The highest BCUT2D eigenvalue weighted by Gasteiger charge is 2.20. The van der Waals surface area contributed by atoms with E-state index in [1.807, 2.05) is 12.1 Å². The highest BCUT2D eigenvalue weighted by molar-refractivity contribution is 14.0. The third kappa shape index (κ3) is 6.91. The number of amides is 1. The number of guanidine groups is 1. The van der Waals surface area contributed by atoms with Crippen LogP contribution in [0.15, 0.2) is 53.5 Å². The van der Waals surface area contributed by atoms with Crippen molar-refractivity contribution in [2.75, 3.05) is 65.4 Å². The number of nitrogens with one attached hydrogen (secondary N) is 2. The molecule has 1 fully saturated rings. The number of nitrogens with zero attached hydrogens (tertiary/aromatic N) is 3. The average Bonchev–Trinajstić information content (AvgIpc) is 2.84. The van der Waals surface area contributed by atoms with Crippen LogP contribution in [0, 0.1) is 0 Å². The van der Waals surface area contributed by atoms with Gasteiger partial charge < -0.3 is 29.9 Å². The molecule has 0 radical (unpaired) electrons. The van der Waals surface area contributed by atoms with Crippen molar-refractivity contribution in [1.82, 2.24) is 15.5 Å². The molecule has 8 nitrogen and oxygen atoms in total. The zero-order valence-corrected chi connectivity index (χ0v) is 21.2. The minimum absolute atomic E-state index is 0. The molecule has 2 aromatic carbocycles. The summed E-state index contributed by atoms with van der Waals surface area (Å²) in [4.78, 5) is 21.2. The molecule has 0 aromatic heterocycles. The number of ether oxygens (including phenoxy) is 2. The van der Waals surface area contributed by atoms with E-state index in [1.54, 1.807) is 45.5 Å². The molecule has 1 saturated heterocycles. The Labute approximate surface area is 207 Å². The van der Waals surface area contributed by atoms with Gasteiger partial charge in [0.05, 0.1) is 14.2 Å². The number of benzene rings is 2. The Bertz CT molecular complexity index is 883. The molecule has 1 amide bonds. The maximum atomic E-state index is 12.2. The summed E-state index contributed by atoms with van der Waals surface area (Å²) < 4.78 is 10.4. The molecule has 0 aliphatic carbocycles. The second-order valence-electron chi connectivity index (χ2n) is 7.13. The lowest BCUT2D eigenvalue weighted by Crippen LogP contribution is -2.53. The molecular formula is C23H32IN5O3. The van der Waals surface area contributed by atoms with E-state index in [0.29, 0.717) is 18.7 Å².